The number of hydrogen-bond donors (Lipinski definition) is 3. The molecular weight excluding hydrogens is 386 g/mol. The number of piperidine rings is 1. The van der Waals surface area contributed by atoms with Crippen molar-refractivity contribution in [2.24, 2.45) is 52.3 Å². The van der Waals surface area contributed by atoms with Crippen LogP contribution in [0, 0.1) is 52.3 Å². The van der Waals surface area contributed by atoms with E-state index in [1.54, 1.807) is 0 Å². The average Bonchev–Trinajstić information content (AvgIpc) is 3.16. The molecule has 6 fully saturated rings. The number of aliphatic hydroxyl groups excluding tert-OH is 2. The van der Waals surface area contributed by atoms with Crippen molar-refractivity contribution in [3.05, 3.63) is 0 Å². The lowest BCUT2D eigenvalue weighted by Gasteiger charge is -2.61. The van der Waals surface area contributed by atoms with Crippen molar-refractivity contribution in [2.45, 2.75) is 110 Å². The molecule has 0 aromatic rings. The number of fused-ring (bicyclic) bond motifs is 7. The Kier molecular flexibility index (Phi) is 4.78. The third kappa shape index (κ3) is 2.80. The van der Waals surface area contributed by atoms with Gasteiger partial charge in [-0.1, -0.05) is 27.7 Å². The Morgan fingerprint density at radius 2 is 1.68 bits per heavy atom. The van der Waals surface area contributed by atoms with Crippen molar-refractivity contribution in [3.63, 3.8) is 0 Å². The molecule has 0 bridgehead atoms. The van der Waals surface area contributed by atoms with Gasteiger partial charge in [0.25, 0.3) is 0 Å². The van der Waals surface area contributed by atoms with E-state index in [1.165, 1.54) is 44.9 Å². The summed E-state index contributed by atoms with van der Waals surface area (Å²) in [5.41, 5.74) is 0.533. The number of hydrogen-bond acceptors (Lipinski definition) is 4. The summed E-state index contributed by atoms with van der Waals surface area (Å²) in [4.78, 5) is 0. The Morgan fingerprint density at radius 3 is 2.42 bits per heavy atom. The molecule has 4 saturated carbocycles. The Labute approximate surface area is 188 Å². The Morgan fingerprint density at radius 1 is 0.871 bits per heavy atom. The lowest BCUT2D eigenvalue weighted by atomic mass is 9.44. The molecule has 176 valence electrons. The standard InChI is InChI=1S/C27H45NO3/c1-15-7-10-27(28-14-15)16(2)24-23(31-27)12-20-18-6-5-17-11-21(29)22(30)13-26(17,4)19(18)8-9-25(20,24)3/h15-24,28-30H,5-14H2,1-4H3/t15-,16+,17+,18-,19+,20+,21-,22-,23+,24+,25+,26+,27-/m1/s1. The zero-order valence-corrected chi connectivity index (χ0v) is 20.1. The third-order valence-electron chi connectivity index (χ3n) is 12.2. The smallest absolute Gasteiger partial charge is 0.122 e. The van der Waals surface area contributed by atoms with Crippen LogP contribution in [-0.2, 0) is 4.74 Å². The molecule has 2 heterocycles. The molecule has 0 aromatic carbocycles. The zero-order valence-electron chi connectivity index (χ0n) is 20.1. The SMILES string of the molecule is C[C@@H]1CC[C@@]2(NC1)O[C@H]1C[C@H]3[C@@H]4CC[C@H]5C[C@@H](O)[C@H](O)C[C@]5(C)[C@H]4CC[C@]3(C)[C@H]1[C@@H]2C. The quantitative estimate of drug-likeness (QED) is 0.534. The van der Waals surface area contributed by atoms with Crippen molar-refractivity contribution >= 4 is 0 Å². The van der Waals surface area contributed by atoms with E-state index >= 15 is 0 Å². The topological polar surface area (TPSA) is 61.7 Å². The van der Waals surface area contributed by atoms with Gasteiger partial charge >= 0.3 is 0 Å². The predicted molar refractivity (Wildman–Crippen MR) is 121 cm³/mol. The first-order valence-corrected chi connectivity index (χ1v) is 13.5. The molecule has 1 spiro atoms. The molecule has 31 heavy (non-hydrogen) atoms. The van der Waals surface area contributed by atoms with Crippen LogP contribution in [0.3, 0.4) is 0 Å². The van der Waals surface area contributed by atoms with E-state index in [1.807, 2.05) is 0 Å². The van der Waals surface area contributed by atoms with Crippen molar-refractivity contribution in [2.75, 3.05) is 6.54 Å². The van der Waals surface area contributed by atoms with E-state index in [0.717, 1.165) is 37.1 Å². The van der Waals surface area contributed by atoms with Crippen LogP contribution in [0.2, 0.25) is 0 Å². The van der Waals surface area contributed by atoms with Crippen LogP contribution in [0.1, 0.15) is 85.5 Å². The van der Waals surface area contributed by atoms with Crippen LogP contribution in [0.15, 0.2) is 0 Å². The largest absolute Gasteiger partial charge is 0.390 e. The highest BCUT2D eigenvalue weighted by molar-refractivity contribution is 5.16. The zero-order chi connectivity index (χ0) is 21.8. The van der Waals surface area contributed by atoms with E-state index in [0.29, 0.717) is 35.2 Å². The summed E-state index contributed by atoms with van der Waals surface area (Å²) >= 11 is 0. The summed E-state index contributed by atoms with van der Waals surface area (Å²) in [7, 11) is 0. The van der Waals surface area contributed by atoms with Crippen molar-refractivity contribution in [1.82, 2.24) is 5.32 Å². The average molecular weight is 432 g/mol. The van der Waals surface area contributed by atoms with Gasteiger partial charge in [0, 0.05) is 12.5 Å². The van der Waals surface area contributed by atoms with E-state index in [-0.39, 0.29) is 11.1 Å². The Hall–Kier alpha value is -0.160. The summed E-state index contributed by atoms with van der Waals surface area (Å²) in [5.74, 6) is 4.89. The molecule has 4 nitrogen and oxygen atoms in total. The number of nitrogens with one attached hydrogen (secondary N) is 1. The highest BCUT2D eigenvalue weighted by Gasteiger charge is 2.68. The van der Waals surface area contributed by atoms with Crippen LogP contribution < -0.4 is 5.32 Å². The maximum Gasteiger partial charge on any atom is 0.122 e. The molecule has 0 aromatic heterocycles. The van der Waals surface area contributed by atoms with Crippen molar-refractivity contribution in [3.8, 4) is 0 Å². The molecule has 3 N–H and O–H groups in total. The van der Waals surface area contributed by atoms with Gasteiger partial charge in [0.15, 0.2) is 0 Å². The van der Waals surface area contributed by atoms with Gasteiger partial charge in [0.05, 0.1) is 18.3 Å². The van der Waals surface area contributed by atoms with Crippen LogP contribution >= 0.6 is 0 Å². The van der Waals surface area contributed by atoms with Crippen molar-refractivity contribution in [1.29, 1.82) is 0 Å². The number of aliphatic hydroxyl groups is 2. The molecule has 0 unspecified atom stereocenters. The predicted octanol–water partition coefficient (Wildman–Crippen LogP) is 4.34. The monoisotopic (exact) mass is 431 g/mol. The van der Waals surface area contributed by atoms with Gasteiger partial charge in [-0.15, -0.1) is 0 Å². The second-order valence-corrected chi connectivity index (χ2v) is 13.4. The lowest BCUT2D eigenvalue weighted by molar-refractivity contribution is -0.164. The van der Waals surface area contributed by atoms with E-state index in [4.69, 9.17) is 4.74 Å². The highest BCUT2D eigenvalue weighted by atomic mass is 16.5. The summed E-state index contributed by atoms with van der Waals surface area (Å²) in [6.07, 6.45) is 9.89. The lowest BCUT2D eigenvalue weighted by Crippen LogP contribution is -2.58. The fourth-order valence-electron chi connectivity index (χ4n) is 10.5. The van der Waals surface area contributed by atoms with E-state index in [2.05, 4.69) is 33.0 Å². The van der Waals surface area contributed by atoms with Gasteiger partial charge in [0.1, 0.15) is 5.72 Å². The van der Waals surface area contributed by atoms with Gasteiger partial charge in [-0.05, 0) is 104 Å². The molecule has 4 aliphatic carbocycles. The van der Waals surface area contributed by atoms with Gasteiger partial charge in [-0.25, -0.2) is 0 Å². The molecule has 4 heteroatoms. The minimum Gasteiger partial charge on any atom is -0.390 e. The van der Waals surface area contributed by atoms with Gasteiger partial charge in [-0.2, -0.15) is 0 Å². The summed E-state index contributed by atoms with van der Waals surface area (Å²) in [5, 5.41) is 24.8. The van der Waals surface area contributed by atoms with E-state index < -0.39 is 12.2 Å². The fraction of sp³-hybridized carbons (Fsp3) is 1.00. The minimum atomic E-state index is -0.528. The molecule has 6 rings (SSSR count). The Bertz CT molecular complexity index is 719. The summed E-state index contributed by atoms with van der Waals surface area (Å²) in [6.45, 7) is 11.0. The third-order valence-corrected chi connectivity index (χ3v) is 12.2. The molecular formula is C27H45NO3. The Balaban J connectivity index is 1.26. The maximum atomic E-state index is 10.6. The highest BCUT2D eigenvalue weighted by Crippen LogP contribution is 2.71. The minimum absolute atomic E-state index is 0.0695. The van der Waals surface area contributed by atoms with E-state index in [9.17, 15) is 10.2 Å². The normalized spacial score (nSPS) is 63.3. The first-order chi connectivity index (χ1) is 14.7. The summed E-state index contributed by atoms with van der Waals surface area (Å²) < 4.78 is 6.99. The van der Waals surface area contributed by atoms with Crippen LogP contribution in [0.4, 0.5) is 0 Å². The molecule has 2 aliphatic heterocycles. The van der Waals surface area contributed by atoms with Crippen LogP contribution in [0.25, 0.3) is 0 Å². The maximum absolute atomic E-state index is 10.6. The first kappa shape index (κ1) is 21.4. The summed E-state index contributed by atoms with van der Waals surface area (Å²) in [6, 6.07) is 0. The molecule has 2 saturated heterocycles. The first-order valence-electron chi connectivity index (χ1n) is 13.5. The molecule has 0 radical (unpaired) electrons. The van der Waals surface area contributed by atoms with Crippen molar-refractivity contribution < 1.29 is 14.9 Å². The second kappa shape index (κ2) is 6.93. The van der Waals surface area contributed by atoms with Gasteiger partial charge in [-0.3, -0.25) is 5.32 Å². The van der Waals surface area contributed by atoms with Crippen LogP contribution in [0.5, 0.6) is 0 Å². The number of rotatable bonds is 0. The number of ether oxygens (including phenoxy) is 1. The molecule has 6 aliphatic rings. The van der Waals surface area contributed by atoms with Gasteiger partial charge < -0.3 is 14.9 Å². The van der Waals surface area contributed by atoms with Crippen LogP contribution in [-0.4, -0.2) is 40.8 Å². The van der Waals surface area contributed by atoms with Gasteiger partial charge in [0.2, 0.25) is 0 Å². The second-order valence-electron chi connectivity index (χ2n) is 13.4. The molecule has 13 atom stereocenters. The molecule has 0 amide bonds. The fourth-order valence-corrected chi connectivity index (χ4v) is 10.5.